The van der Waals surface area contributed by atoms with E-state index in [2.05, 4.69) is 20.0 Å². The maximum atomic E-state index is 11.6. The van der Waals surface area contributed by atoms with E-state index in [4.69, 9.17) is 10.3 Å². The van der Waals surface area contributed by atoms with Crippen LogP contribution in [0.4, 0.5) is 5.82 Å². The molecule has 1 aliphatic heterocycles. The molecule has 0 aliphatic carbocycles. The molecule has 0 unspecified atom stereocenters. The minimum absolute atomic E-state index is 0.440. The van der Waals surface area contributed by atoms with Crippen LogP contribution >= 0.6 is 0 Å². The lowest BCUT2D eigenvalue weighted by Crippen LogP contribution is -2.34. The molecule has 0 bridgehead atoms. The van der Waals surface area contributed by atoms with Crippen LogP contribution in [0.1, 0.15) is 17.3 Å². The van der Waals surface area contributed by atoms with Crippen LogP contribution in [0.25, 0.3) is 0 Å². The van der Waals surface area contributed by atoms with E-state index in [1.165, 1.54) is 0 Å². The Hall–Kier alpha value is -2.52. The molecule has 9 heteroatoms. The first-order valence-electron chi connectivity index (χ1n) is 8.17. The lowest BCUT2D eigenvalue weighted by Gasteiger charge is -2.22. The minimum atomic E-state index is -0.808. The van der Waals surface area contributed by atoms with Crippen molar-refractivity contribution in [3.05, 3.63) is 35.6 Å². The van der Waals surface area contributed by atoms with Gasteiger partial charge in [0.25, 0.3) is 0 Å². The topological polar surface area (TPSA) is 122 Å². The highest BCUT2D eigenvalue weighted by molar-refractivity contribution is 5.70. The van der Waals surface area contributed by atoms with Crippen molar-refractivity contribution in [1.82, 2.24) is 24.9 Å². The number of carboxylic acids is 1. The lowest BCUT2D eigenvalue weighted by molar-refractivity contribution is -0.142. The third-order valence-corrected chi connectivity index (χ3v) is 4.29. The van der Waals surface area contributed by atoms with Gasteiger partial charge in [-0.2, -0.15) is 4.98 Å². The van der Waals surface area contributed by atoms with Gasteiger partial charge in [-0.25, -0.2) is 4.98 Å². The monoisotopic (exact) mass is 346 g/mol. The maximum Gasteiger partial charge on any atom is 0.309 e. The Morgan fingerprint density at radius 1 is 1.36 bits per heavy atom. The number of carbonyl (C=O) groups is 1. The lowest BCUT2D eigenvalue weighted by atomic mass is 10.1. The maximum absolute atomic E-state index is 11.6. The third-order valence-electron chi connectivity index (χ3n) is 4.29. The molecular formula is C16H22N6O3. The summed E-state index contributed by atoms with van der Waals surface area (Å²) in [5, 5.41) is 13.3. The second kappa shape index (κ2) is 7.58. The second-order valence-electron chi connectivity index (χ2n) is 6.29. The second-order valence-corrected chi connectivity index (χ2v) is 6.29. The van der Waals surface area contributed by atoms with Crippen molar-refractivity contribution in [3.8, 4) is 0 Å². The first kappa shape index (κ1) is 17.3. The number of hydrogen-bond donors (Lipinski definition) is 2. The highest BCUT2D eigenvalue weighted by Gasteiger charge is 2.28. The molecule has 25 heavy (non-hydrogen) atoms. The predicted octanol–water partition coefficient (Wildman–Crippen LogP) is 0.374. The standard InChI is InChI=1S/C16H22N6O3/c1-11-19-14(25-20-11)10-22-6-5-21(8-13(9-22)16(23)24)7-12-3-2-4-18-15(12)17/h2-4,13H,5-10H2,1H3,(H2,17,18)(H,23,24)/t13-/m0/s1. The molecule has 1 atom stereocenters. The number of nitrogens with zero attached hydrogens (tertiary/aromatic N) is 5. The number of aromatic nitrogens is 3. The zero-order chi connectivity index (χ0) is 17.8. The molecule has 9 nitrogen and oxygen atoms in total. The molecule has 0 spiro atoms. The molecular weight excluding hydrogens is 324 g/mol. The number of anilines is 1. The summed E-state index contributed by atoms with van der Waals surface area (Å²) >= 11 is 0. The van der Waals surface area contributed by atoms with Crippen LogP contribution in [-0.2, 0) is 17.9 Å². The third kappa shape index (κ3) is 4.52. The summed E-state index contributed by atoms with van der Waals surface area (Å²) in [6.45, 7) is 5.13. The number of nitrogens with two attached hydrogens (primary N) is 1. The molecule has 134 valence electrons. The van der Waals surface area contributed by atoms with E-state index in [0.29, 0.717) is 50.3 Å². The number of pyridine rings is 1. The van der Waals surface area contributed by atoms with Gasteiger partial charge in [0, 0.05) is 44.5 Å². The Bertz CT molecular complexity index is 734. The van der Waals surface area contributed by atoms with Gasteiger partial charge in [0.05, 0.1) is 12.5 Å². The van der Waals surface area contributed by atoms with Gasteiger partial charge in [0.1, 0.15) is 5.82 Å². The SMILES string of the molecule is Cc1noc(CN2CCN(Cc3cccnc3N)C[C@H](C(=O)O)C2)n1. The molecule has 2 aromatic heterocycles. The Labute approximate surface area is 145 Å². The summed E-state index contributed by atoms with van der Waals surface area (Å²) in [7, 11) is 0. The summed E-state index contributed by atoms with van der Waals surface area (Å²) in [5.41, 5.74) is 6.82. The van der Waals surface area contributed by atoms with Crippen molar-refractivity contribution in [1.29, 1.82) is 0 Å². The van der Waals surface area contributed by atoms with E-state index in [1.54, 1.807) is 13.1 Å². The number of carboxylic acid groups (broad SMARTS) is 1. The Balaban J connectivity index is 1.69. The Morgan fingerprint density at radius 2 is 2.08 bits per heavy atom. The van der Waals surface area contributed by atoms with Crippen LogP contribution in [0.15, 0.2) is 22.9 Å². The first-order valence-corrected chi connectivity index (χ1v) is 8.17. The molecule has 1 fully saturated rings. The van der Waals surface area contributed by atoms with Crippen molar-refractivity contribution >= 4 is 11.8 Å². The summed E-state index contributed by atoms with van der Waals surface area (Å²) < 4.78 is 5.15. The average Bonchev–Trinajstić information content (AvgIpc) is 2.86. The smallest absolute Gasteiger partial charge is 0.309 e. The minimum Gasteiger partial charge on any atom is -0.481 e. The Morgan fingerprint density at radius 3 is 2.68 bits per heavy atom. The molecule has 1 aliphatic rings. The molecule has 1 saturated heterocycles. The van der Waals surface area contributed by atoms with Crippen LogP contribution in [0.3, 0.4) is 0 Å². The van der Waals surface area contributed by atoms with Crippen LogP contribution in [-0.4, -0.2) is 62.2 Å². The largest absolute Gasteiger partial charge is 0.481 e. The normalized spacial score (nSPS) is 19.6. The molecule has 0 aromatic carbocycles. The van der Waals surface area contributed by atoms with Crippen LogP contribution in [0.2, 0.25) is 0 Å². The number of hydrogen-bond acceptors (Lipinski definition) is 8. The van der Waals surface area contributed by atoms with Crippen molar-refractivity contribution in [2.24, 2.45) is 5.92 Å². The number of aliphatic carboxylic acids is 1. The van der Waals surface area contributed by atoms with Crippen molar-refractivity contribution < 1.29 is 14.4 Å². The van der Waals surface area contributed by atoms with E-state index >= 15 is 0 Å². The fourth-order valence-corrected chi connectivity index (χ4v) is 3.01. The summed E-state index contributed by atoms with van der Waals surface area (Å²) in [6.07, 6.45) is 1.65. The van der Waals surface area contributed by atoms with Crippen LogP contribution in [0, 0.1) is 12.8 Å². The van der Waals surface area contributed by atoms with Gasteiger partial charge in [0.15, 0.2) is 5.82 Å². The summed E-state index contributed by atoms with van der Waals surface area (Å²) in [5.74, 6) is 0.263. The number of aryl methyl sites for hydroxylation is 1. The van der Waals surface area contributed by atoms with Crippen LogP contribution < -0.4 is 5.73 Å². The van der Waals surface area contributed by atoms with Gasteiger partial charge in [-0.15, -0.1) is 0 Å². The zero-order valence-electron chi connectivity index (χ0n) is 14.1. The van der Waals surface area contributed by atoms with E-state index in [9.17, 15) is 9.90 Å². The average molecular weight is 346 g/mol. The van der Waals surface area contributed by atoms with Crippen molar-refractivity contribution in [2.45, 2.75) is 20.0 Å². The molecule has 0 saturated carbocycles. The van der Waals surface area contributed by atoms with E-state index < -0.39 is 11.9 Å². The van der Waals surface area contributed by atoms with E-state index in [0.717, 1.165) is 12.1 Å². The van der Waals surface area contributed by atoms with Crippen molar-refractivity contribution in [2.75, 3.05) is 31.9 Å². The molecule has 3 N–H and O–H groups in total. The molecule has 0 amide bonds. The number of nitrogen functional groups attached to an aromatic ring is 1. The molecule has 3 rings (SSSR count). The highest BCUT2D eigenvalue weighted by atomic mass is 16.5. The summed E-state index contributed by atoms with van der Waals surface area (Å²) in [4.78, 5) is 24.1. The van der Waals surface area contributed by atoms with Gasteiger partial charge in [-0.1, -0.05) is 11.2 Å². The summed E-state index contributed by atoms with van der Waals surface area (Å²) in [6, 6.07) is 3.75. The first-order chi connectivity index (χ1) is 12.0. The molecule has 2 aromatic rings. The van der Waals surface area contributed by atoms with E-state index in [1.807, 2.05) is 17.0 Å². The van der Waals surface area contributed by atoms with Gasteiger partial charge in [-0.05, 0) is 13.0 Å². The predicted molar refractivity (Wildman–Crippen MR) is 89.4 cm³/mol. The van der Waals surface area contributed by atoms with Gasteiger partial charge in [-0.3, -0.25) is 14.6 Å². The quantitative estimate of drug-likeness (QED) is 0.790. The zero-order valence-corrected chi connectivity index (χ0v) is 14.1. The molecule has 0 radical (unpaired) electrons. The van der Waals surface area contributed by atoms with Crippen LogP contribution in [0.5, 0.6) is 0 Å². The number of rotatable bonds is 5. The van der Waals surface area contributed by atoms with Gasteiger partial charge < -0.3 is 15.4 Å². The highest BCUT2D eigenvalue weighted by Crippen LogP contribution is 2.17. The van der Waals surface area contributed by atoms with E-state index in [-0.39, 0.29) is 0 Å². The fraction of sp³-hybridized carbons (Fsp3) is 0.500. The van der Waals surface area contributed by atoms with Crippen molar-refractivity contribution in [3.63, 3.8) is 0 Å². The van der Waals surface area contributed by atoms with Gasteiger partial charge >= 0.3 is 5.97 Å². The van der Waals surface area contributed by atoms with Gasteiger partial charge in [0.2, 0.25) is 5.89 Å². The fourth-order valence-electron chi connectivity index (χ4n) is 3.01. The molecule has 3 heterocycles. The Kier molecular flexibility index (Phi) is 5.25.